The fraction of sp³-hybridized carbons (Fsp3) is 0.833. The van der Waals surface area contributed by atoms with Crippen molar-refractivity contribution in [3.8, 4) is 0 Å². The van der Waals surface area contributed by atoms with E-state index < -0.39 is 29.4 Å². The molecule has 0 aromatic carbocycles. The van der Waals surface area contributed by atoms with Crippen molar-refractivity contribution in [1.82, 2.24) is 0 Å². The topological polar surface area (TPSA) is 82.1 Å². The molecule has 8 atom stereocenters. The molecule has 0 bridgehead atoms. The third-order valence-electron chi connectivity index (χ3n) is 9.23. The lowest BCUT2D eigenvalue weighted by atomic mass is 9.45. The second-order valence-corrected chi connectivity index (χ2v) is 10.6. The van der Waals surface area contributed by atoms with E-state index in [4.69, 9.17) is 25.8 Å². The van der Waals surface area contributed by atoms with Gasteiger partial charge < -0.3 is 19.3 Å². The van der Waals surface area contributed by atoms with E-state index in [1.165, 1.54) is 5.57 Å². The average Bonchev–Trinajstić information content (AvgIpc) is 3.01. The number of allylic oxidation sites excluding steroid dienone is 1. The van der Waals surface area contributed by atoms with Crippen LogP contribution in [0, 0.1) is 28.6 Å². The molecule has 0 aromatic rings. The third-order valence-corrected chi connectivity index (χ3v) is 9.34. The normalized spacial score (nSPS) is 45.2. The summed E-state index contributed by atoms with van der Waals surface area (Å²) in [4.78, 5) is 25.3. The predicted molar refractivity (Wildman–Crippen MR) is 115 cm³/mol. The first-order valence-electron chi connectivity index (χ1n) is 11.5. The number of hydrogen-bond donors (Lipinski definition) is 1. The molecule has 0 amide bonds. The Bertz CT molecular complexity index is 782. The number of ketones is 1. The van der Waals surface area contributed by atoms with Gasteiger partial charge in [0.1, 0.15) is 0 Å². The molecule has 1 unspecified atom stereocenters. The number of carbonyl (C=O) groups is 2. The molecule has 3 fully saturated rings. The van der Waals surface area contributed by atoms with E-state index in [-0.39, 0.29) is 35.0 Å². The molecule has 6 nitrogen and oxygen atoms in total. The van der Waals surface area contributed by atoms with Gasteiger partial charge in [0, 0.05) is 18.9 Å². The summed E-state index contributed by atoms with van der Waals surface area (Å²) in [5.41, 5.74) is -0.762. The fourth-order valence-corrected chi connectivity index (χ4v) is 7.85. The molecule has 4 aliphatic rings. The standard InChI is InChI=1S/C24H35ClO6/c1-14(29-4)31-24(21(28)30-13-25)10-8-18-17-6-5-15-11-16(26)7-9-22(15,2)20(17)19(27)12-23(18,24)3/h11,14,17-20,27H,5-10,12-13H2,1-4H3/t14?,17-,18-,19-,20+,22-,23-,24-/m0/s1. The van der Waals surface area contributed by atoms with Crippen molar-refractivity contribution in [2.24, 2.45) is 28.6 Å². The van der Waals surface area contributed by atoms with E-state index in [2.05, 4.69) is 13.8 Å². The van der Waals surface area contributed by atoms with Crippen molar-refractivity contribution < 1.29 is 28.9 Å². The summed E-state index contributed by atoms with van der Waals surface area (Å²) < 4.78 is 16.9. The Morgan fingerprint density at radius 3 is 2.71 bits per heavy atom. The van der Waals surface area contributed by atoms with Crippen LogP contribution in [-0.2, 0) is 23.8 Å². The van der Waals surface area contributed by atoms with Gasteiger partial charge in [-0.2, -0.15) is 0 Å². The number of carbonyl (C=O) groups excluding carboxylic acids is 2. The Morgan fingerprint density at radius 2 is 2.03 bits per heavy atom. The maximum absolute atomic E-state index is 13.3. The zero-order valence-electron chi connectivity index (χ0n) is 19.0. The molecule has 0 radical (unpaired) electrons. The van der Waals surface area contributed by atoms with Crippen LogP contribution in [0.3, 0.4) is 0 Å². The molecule has 7 heteroatoms. The van der Waals surface area contributed by atoms with Gasteiger partial charge in [0.15, 0.2) is 23.7 Å². The molecule has 31 heavy (non-hydrogen) atoms. The van der Waals surface area contributed by atoms with Crippen LogP contribution in [0.4, 0.5) is 0 Å². The first-order chi connectivity index (χ1) is 14.6. The zero-order chi connectivity index (χ0) is 22.6. The Labute approximate surface area is 189 Å². The van der Waals surface area contributed by atoms with E-state index in [1.54, 1.807) is 14.0 Å². The van der Waals surface area contributed by atoms with Crippen molar-refractivity contribution in [2.45, 2.75) is 83.7 Å². The van der Waals surface area contributed by atoms with E-state index in [9.17, 15) is 14.7 Å². The van der Waals surface area contributed by atoms with Gasteiger partial charge in [0.25, 0.3) is 0 Å². The highest BCUT2D eigenvalue weighted by molar-refractivity contribution is 6.17. The number of aliphatic hydroxyl groups is 1. The van der Waals surface area contributed by atoms with E-state index >= 15 is 0 Å². The summed E-state index contributed by atoms with van der Waals surface area (Å²) in [5, 5.41) is 11.5. The van der Waals surface area contributed by atoms with Gasteiger partial charge >= 0.3 is 5.97 Å². The summed E-state index contributed by atoms with van der Waals surface area (Å²) >= 11 is 5.76. The molecule has 3 saturated carbocycles. The molecule has 0 aromatic heterocycles. The lowest BCUT2D eigenvalue weighted by Gasteiger charge is -2.60. The molecule has 0 aliphatic heterocycles. The molecule has 1 N–H and O–H groups in total. The molecule has 174 valence electrons. The minimum absolute atomic E-state index is 0.0818. The van der Waals surface area contributed by atoms with Gasteiger partial charge in [-0.25, -0.2) is 4.79 Å². The van der Waals surface area contributed by atoms with Crippen molar-refractivity contribution in [2.75, 3.05) is 13.2 Å². The highest BCUT2D eigenvalue weighted by Crippen LogP contribution is 2.68. The minimum atomic E-state index is -1.20. The quantitative estimate of drug-likeness (QED) is 0.384. The number of rotatable bonds is 5. The van der Waals surface area contributed by atoms with Crippen LogP contribution < -0.4 is 0 Å². The summed E-state index contributed by atoms with van der Waals surface area (Å²) in [6.45, 7) is 6.06. The Balaban J connectivity index is 1.73. The third kappa shape index (κ3) is 3.32. The van der Waals surface area contributed by atoms with Crippen LogP contribution in [-0.4, -0.2) is 48.0 Å². The van der Waals surface area contributed by atoms with Gasteiger partial charge in [-0.1, -0.05) is 31.0 Å². The number of ether oxygens (including phenoxy) is 3. The monoisotopic (exact) mass is 454 g/mol. The molecule has 0 spiro atoms. The first kappa shape index (κ1) is 23.2. The number of halogens is 1. The van der Waals surface area contributed by atoms with Crippen LogP contribution in [0.15, 0.2) is 11.6 Å². The molecule has 0 saturated heterocycles. The summed E-state index contributed by atoms with van der Waals surface area (Å²) in [6, 6.07) is -0.235. The number of fused-ring (bicyclic) bond motifs is 5. The summed E-state index contributed by atoms with van der Waals surface area (Å²) in [6.07, 6.45) is 5.57. The van der Waals surface area contributed by atoms with Crippen molar-refractivity contribution >= 4 is 23.4 Å². The van der Waals surface area contributed by atoms with Crippen LogP contribution in [0.25, 0.3) is 0 Å². The lowest BCUT2D eigenvalue weighted by molar-refractivity contribution is -0.253. The van der Waals surface area contributed by atoms with Crippen LogP contribution >= 0.6 is 11.6 Å². The maximum atomic E-state index is 13.3. The minimum Gasteiger partial charge on any atom is -0.447 e. The predicted octanol–water partition coefficient (Wildman–Crippen LogP) is 3.98. The zero-order valence-corrected chi connectivity index (χ0v) is 19.7. The fourth-order valence-electron chi connectivity index (χ4n) is 7.75. The van der Waals surface area contributed by atoms with Crippen molar-refractivity contribution in [1.29, 1.82) is 0 Å². The molecule has 0 heterocycles. The second kappa shape index (κ2) is 8.12. The largest absolute Gasteiger partial charge is 0.447 e. The van der Waals surface area contributed by atoms with E-state index in [1.807, 2.05) is 6.08 Å². The van der Waals surface area contributed by atoms with Crippen LogP contribution in [0.2, 0.25) is 0 Å². The first-order valence-corrected chi connectivity index (χ1v) is 12.0. The van der Waals surface area contributed by atoms with Crippen molar-refractivity contribution in [3.63, 3.8) is 0 Å². The Hall–Kier alpha value is -0.950. The molecular formula is C24H35ClO6. The van der Waals surface area contributed by atoms with E-state index in [0.29, 0.717) is 19.3 Å². The highest BCUT2D eigenvalue weighted by Gasteiger charge is 2.70. The van der Waals surface area contributed by atoms with Gasteiger partial charge in [-0.05, 0) is 74.7 Å². The smallest absolute Gasteiger partial charge is 0.340 e. The second-order valence-electron chi connectivity index (χ2n) is 10.4. The average molecular weight is 455 g/mol. The summed E-state index contributed by atoms with van der Waals surface area (Å²) in [7, 11) is 1.55. The Morgan fingerprint density at radius 1 is 1.29 bits per heavy atom. The number of hydrogen-bond acceptors (Lipinski definition) is 6. The van der Waals surface area contributed by atoms with Gasteiger partial charge in [-0.15, -0.1) is 0 Å². The Kier molecular flexibility index (Phi) is 6.08. The number of alkyl halides is 1. The number of methoxy groups -OCH3 is 1. The van der Waals surface area contributed by atoms with Crippen molar-refractivity contribution in [3.05, 3.63) is 11.6 Å². The van der Waals surface area contributed by atoms with Gasteiger partial charge in [0.2, 0.25) is 0 Å². The summed E-state index contributed by atoms with van der Waals surface area (Å²) in [5.74, 6) is 0.290. The van der Waals surface area contributed by atoms with Gasteiger partial charge in [-0.3, -0.25) is 4.79 Å². The van der Waals surface area contributed by atoms with E-state index in [0.717, 1.165) is 25.7 Å². The van der Waals surface area contributed by atoms with Gasteiger partial charge in [0.05, 0.1) is 6.10 Å². The number of esters is 1. The van der Waals surface area contributed by atoms with Crippen LogP contribution in [0.5, 0.6) is 0 Å². The molecule has 4 rings (SSSR count). The number of aliphatic hydroxyl groups excluding tert-OH is 1. The highest BCUT2D eigenvalue weighted by atomic mass is 35.5. The maximum Gasteiger partial charge on any atom is 0.340 e. The lowest BCUT2D eigenvalue weighted by Crippen LogP contribution is -2.63. The van der Waals surface area contributed by atoms with Crippen LogP contribution in [0.1, 0.15) is 65.7 Å². The SMILES string of the molecule is COC(C)O[C@]1(C(=O)OCCl)CC[C@H]2[C@@H]3CCC4=CC(=O)CC[C@]4(C)[C@H]3[C@@H](O)C[C@@]21C. The molecule has 4 aliphatic carbocycles. The molecular weight excluding hydrogens is 420 g/mol.